The van der Waals surface area contributed by atoms with Gasteiger partial charge in [0, 0.05) is 55.0 Å². The van der Waals surface area contributed by atoms with Crippen LogP contribution in [0.15, 0.2) is 60.8 Å². The number of aromatic nitrogens is 1. The molecule has 7 nitrogen and oxygen atoms in total. The third-order valence-electron chi connectivity index (χ3n) is 6.94. The molecule has 0 radical (unpaired) electrons. The average molecular weight is 531 g/mol. The third kappa shape index (κ3) is 5.40. The zero-order chi connectivity index (χ0) is 27.5. The summed E-state index contributed by atoms with van der Waals surface area (Å²) in [6.45, 7) is 1.42. The maximum absolute atomic E-state index is 14.3. The topological polar surface area (TPSA) is 105 Å². The number of β-amino-alcohol motifs (C(OH)–C–C–N with tert-alkyl or cyclic N) is 1. The average Bonchev–Trinajstić information content (AvgIpc) is 2.93. The van der Waals surface area contributed by atoms with Crippen molar-refractivity contribution in [2.24, 2.45) is 5.73 Å². The number of rotatable bonds is 7. The van der Waals surface area contributed by atoms with Crippen LogP contribution in [0.4, 0.5) is 14.5 Å². The van der Waals surface area contributed by atoms with Crippen molar-refractivity contribution in [2.45, 2.75) is 18.6 Å². The number of halogens is 2. The van der Waals surface area contributed by atoms with Crippen molar-refractivity contribution >= 4 is 16.6 Å². The third-order valence-corrected chi connectivity index (χ3v) is 6.94. The number of ether oxygens (including phenoxy) is 2. The van der Waals surface area contributed by atoms with E-state index in [2.05, 4.69) is 11.1 Å². The summed E-state index contributed by atoms with van der Waals surface area (Å²) in [6, 6.07) is 16.2. The maximum Gasteiger partial charge on any atom is 0.144 e. The molecule has 3 aromatic carbocycles. The lowest BCUT2D eigenvalue weighted by Gasteiger charge is -2.37. The number of hydrogen-bond donors (Lipinski definition) is 2. The van der Waals surface area contributed by atoms with Gasteiger partial charge in [-0.1, -0.05) is 18.2 Å². The number of para-hydroxylation sites is 1. The highest BCUT2D eigenvalue weighted by molar-refractivity contribution is 6.02. The Morgan fingerprint density at radius 3 is 2.59 bits per heavy atom. The zero-order valence-electron chi connectivity index (χ0n) is 21.4. The van der Waals surface area contributed by atoms with Crippen molar-refractivity contribution in [3.05, 3.63) is 78.0 Å². The number of hydrogen-bond acceptors (Lipinski definition) is 7. The fourth-order valence-corrected chi connectivity index (χ4v) is 5.00. The molecular formula is C30H28F2N4O3. The monoisotopic (exact) mass is 530 g/mol. The maximum atomic E-state index is 14.3. The van der Waals surface area contributed by atoms with E-state index in [4.69, 9.17) is 15.2 Å². The highest BCUT2D eigenvalue weighted by Crippen LogP contribution is 2.41. The predicted octanol–water partition coefficient (Wildman–Crippen LogP) is 4.64. The second-order valence-electron chi connectivity index (χ2n) is 9.51. The number of nitrogens with two attached hydrogens (primary N) is 1. The van der Waals surface area contributed by atoms with Crippen LogP contribution >= 0.6 is 0 Å². The largest absolute Gasteiger partial charge is 0.489 e. The molecule has 0 aliphatic carbocycles. The number of anilines is 1. The molecule has 39 heavy (non-hydrogen) atoms. The van der Waals surface area contributed by atoms with Crippen molar-refractivity contribution in [3.8, 4) is 34.1 Å². The van der Waals surface area contributed by atoms with Gasteiger partial charge in [0.25, 0.3) is 0 Å². The van der Waals surface area contributed by atoms with Crippen molar-refractivity contribution in [2.75, 3.05) is 38.3 Å². The summed E-state index contributed by atoms with van der Waals surface area (Å²) >= 11 is 0. The van der Waals surface area contributed by atoms with E-state index in [1.807, 2.05) is 29.2 Å². The van der Waals surface area contributed by atoms with Gasteiger partial charge in [-0.05, 0) is 47.9 Å². The van der Waals surface area contributed by atoms with Gasteiger partial charge in [0.2, 0.25) is 0 Å². The number of aliphatic hydroxyl groups is 1. The molecule has 2 heterocycles. The highest BCUT2D eigenvalue weighted by atomic mass is 19.1. The summed E-state index contributed by atoms with van der Waals surface area (Å²) in [4.78, 5) is 6.59. The fourth-order valence-electron chi connectivity index (χ4n) is 5.00. The first kappa shape index (κ1) is 26.5. The number of methoxy groups -OCH3 is 1. The van der Waals surface area contributed by atoms with Gasteiger partial charge in [0.05, 0.1) is 29.5 Å². The normalized spacial score (nSPS) is 17.3. The predicted molar refractivity (Wildman–Crippen MR) is 145 cm³/mol. The lowest BCUT2D eigenvalue weighted by Crippen LogP contribution is -2.50. The molecule has 3 N–H and O–H groups in total. The number of piperidine rings is 1. The van der Waals surface area contributed by atoms with E-state index in [0.29, 0.717) is 58.8 Å². The van der Waals surface area contributed by atoms with Crippen LogP contribution in [0.1, 0.15) is 12.0 Å². The molecule has 1 aliphatic heterocycles. The lowest BCUT2D eigenvalue weighted by molar-refractivity contribution is 0.132. The minimum Gasteiger partial charge on any atom is -0.489 e. The number of nitrogens with zero attached hydrogens (tertiary/aromatic N) is 3. The Morgan fingerprint density at radius 1 is 1.08 bits per heavy atom. The SMILES string of the molecule is COCCOc1c(C#N)cccc1-c1ccc2ncc(-c3cc(F)cc(F)c3)c(N3CC[C@H](N)[C@H](O)C3)c2c1. The quantitative estimate of drug-likeness (QED) is 0.336. The summed E-state index contributed by atoms with van der Waals surface area (Å²) in [6.07, 6.45) is 1.38. The Bertz CT molecular complexity index is 1540. The molecule has 1 saturated heterocycles. The molecule has 4 aromatic rings. The lowest BCUT2D eigenvalue weighted by atomic mass is 9.95. The zero-order valence-corrected chi connectivity index (χ0v) is 21.4. The molecule has 0 amide bonds. The molecule has 200 valence electrons. The van der Waals surface area contributed by atoms with E-state index >= 15 is 0 Å². The molecule has 1 aromatic heterocycles. The number of fused-ring (bicyclic) bond motifs is 1. The van der Waals surface area contributed by atoms with E-state index in [-0.39, 0.29) is 19.2 Å². The molecule has 0 spiro atoms. The van der Waals surface area contributed by atoms with Gasteiger partial charge >= 0.3 is 0 Å². The first-order valence-corrected chi connectivity index (χ1v) is 12.6. The van der Waals surface area contributed by atoms with Crippen LogP contribution in [0.2, 0.25) is 0 Å². The van der Waals surface area contributed by atoms with Gasteiger partial charge in [0.15, 0.2) is 0 Å². The molecule has 1 aliphatic rings. The summed E-state index contributed by atoms with van der Waals surface area (Å²) < 4.78 is 39.6. The number of benzene rings is 3. The summed E-state index contributed by atoms with van der Waals surface area (Å²) in [5, 5.41) is 21.0. The molecule has 0 bridgehead atoms. The standard InChI is InChI=1S/C30H28F2N4O3/c1-38-9-10-39-30-19(15-33)3-2-4-23(30)18-5-6-27-24(13-18)29(36-8-7-26(34)28(37)17-36)25(16-35-27)20-11-21(31)14-22(32)12-20/h2-6,11-14,16,26,28,37H,7-10,17,34H2,1H3/t26-,28+/m0/s1. The minimum absolute atomic E-state index is 0.255. The molecule has 5 rings (SSSR count). The van der Waals surface area contributed by atoms with Gasteiger partial charge < -0.3 is 25.2 Å². The number of nitriles is 1. The highest BCUT2D eigenvalue weighted by Gasteiger charge is 2.28. The van der Waals surface area contributed by atoms with E-state index in [1.165, 1.54) is 12.1 Å². The molecule has 0 unspecified atom stereocenters. The van der Waals surface area contributed by atoms with E-state index in [1.54, 1.807) is 25.4 Å². The summed E-state index contributed by atoms with van der Waals surface area (Å²) in [5.74, 6) is -0.957. The van der Waals surface area contributed by atoms with E-state index in [9.17, 15) is 19.1 Å². The molecule has 9 heteroatoms. The van der Waals surface area contributed by atoms with E-state index in [0.717, 1.165) is 17.0 Å². The first-order valence-electron chi connectivity index (χ1n) is 12.6. The molecular weight excluding hydrogens is 502 g/mol. The van der Waals surface area contributed by atoms with Gasteiger partial charge in [0.1, 0.15) is 30.1 Å². The van der Waals surface area contributed by atoms with Crippen molar-refractivity contribution in [1.29, 1.82) is 5.26 Å². The summed E-state index contributed by atoms with van der Waals surface area (Å²) in [7, 11) is 1.57. The van der Waals surface area contributed by atoms with E-state index < -0.39 is 17.7 Å². The Hall–Kier alpha value is -4.10. The Kier molecular flexibility index (Phi) is 7.70. The number of pyridine rings is 1. The van der Waals surface area contributed by atoms with Crippen molar-refractivity contribution < 1.29 is 23.4 Å². The van der Waals surface area contributed by atoms with Crippen LogP contribution in [0.25, 0.3) is 33.2 Å². The van der Waals surface area contributed by atoms with Crippen molar-refractivity contribution in [3.63, 3.8) is 0 Å². The van der Waals surface area contributed by atoms with Gasteiger partial charge in [-0.2, -0.15) is 5.26 Å². The second kappa shape index (κ2) is 11.3. The van der Waals surface area contributed by atoms with Gasteiger partial charge in [-0.15, -0.1) is 0 Å². The minimum atomic E-state index is -0.768. The Balaban J connectivity index is 1.72. The first-order chi connectivity index (χ1) is 18.9. The van der Waals surface area contributed by atoms with Crippen LogP contribution < -0.4 is 15.4 Å². The second-order valence-corrected chi connectivity index (χ2v) is 9.51. The fraction of sp³-hybridized carbons (Fsp3) is 0.267. The van der Waals surface area contributed by atoms with Crippen LogP contribution in [-0.2, 0) is 4.74 Å². The Labute approximate surface area is 225 Å². The summed E-state index contributed by atoms with van der Waals surface area (Å²) in [5.41, 5.74) is 10.2. The molecule has 1 fully saturated rings. The van der Waals surface area contributed by atoms with Crippen LogP contribution in [-0.4, -0.2) is 55.6 Å². The van der Waals surface area contributed by atoms with Crippen molar-refractivity contribution in [1.82, 2.24) is 4.98 Å². The van der Waals surface area contributed by atoms with Crippen LogP contribution in [0.5, 0.6) is 5.75 Å². The van der Waals surface area contributed by atoms with Gasteiger partial charge in [-0.25, -0.2) is 8.78 Å². The number of aliphatic hydroxyl groups excluding tert-OH is 1. The molecule has 2 atom stereocenters. The Morgan fingerprint density at radius 2 is 1.87 bits per heavy atom. The van der Waals surface area contributed by atoms with Crippen LogP contribution in [0, 0.1) is 23.0 Å². The van der Waals surface area contributed by atoms with Gasteiger partial charge in [-0.3, -0.25) is 4.98 Å². The van der Waals surface area contributed by atoms with Crippen LogP contribution in [0.3, 0.4) is 0 Å². The molecule has 0 saturated carbocycles. The smallest absolute Gasteiger partial charge is 0.144 e.